The minimum absolute atomic E-state index is 0.112. The molecule has 3 rings (SSSR count). The van der Waals surface area contributed by atoms with Crippen LogP contribution in [0, 0.1) is 5.82 Å². The zero-order valence-corrected chi connectivity index (χ0v) is 20.5. The highest BCUT2D eigenvalue weighted by atomic mass is 79.9. The van der Waals surface area contributed by atoms with Gasteiger partial charge in [-0.15, -0.1) is 0 Å². The second-order valence-corrected chi connectivity index (χ2v) is 9.71. The summed E-state index contributed by atoms with van der Waals surface area (Å²) in [6.07, 6.45) is 1.41. The van der Waals surface area contributed by atoms with Crippen LogP contribution in [-0.4, -0.2) is 66.1 Å². The molecule has 2 heterocycles. The highest BCUT2D eigenvalue weighted by molar-refractivity contribution is 9.10. The smallest absolute Gasteiger partial charge is 0.410 e. The Hall–Kier alpha value is -1.52. The van der Waals surface area contributed by atoms with E-state index in [-0.39, 0.29) is 15.0 Å². The standard InChI is InChI=1S/C19H23BrClFN4O3S/c1-19(2,3)29-18(27)25(4)6-7-26-8-9-28-15-10-14(13(22)11(20)12(15)21)23-17(30-5)24-16(10)26/h6-9H2,1-5H3. The van der Waals surface area contributed by atoms with Gasteiger partial charge in [-0.3, -0.25) is 0 Å². The van der Waals surface area contributed by atoms with Gasteiger partial charge in [0.05, 0.1) is 16.4 Å². The number of benzene rings is 1. The lowest BCUT2D eigenvalue weighted by atomic mass is 10.2. The van der Waals surface area contributed by atoms with Crippen LogP contribution >= 0.6 is 39.3 Å². The van der Waals surface area contributed by atoms with Crippen molar-refractivity contribution in [1.82, 2.24) is 14.9 Å². The Balaban J connectivity index is 1.97. The van der Waals surface area contributed by atoms with Crippen LogP contribution in [0.2, 0.25) is 5.02 Å². The summed E-state index contributed by atoms with van der Waals surface area (Å²) in [7, 11) is 1.67. The predicted octanol–water partition coefficient (Wildman–Crippen LogP) is 4.97. The molecule has 7 nitrogen and oxygen atoms in total. The summed E-state index contributed by atoms with van der Waals surface area (Å²) < 4.78 is 26.3. The van der Waals surface area contributed by atoms with Gasteiger partial charge in [0, 0.05) is 20.1 Å². The molecule has 0 unspecified atom stereocenters. The molecule has 30 heavy (non-hydrogen) atoms. The van der Waals surface area contributed by atoms with Crippen molar-refractivity contribution in [3.05, 3.63) is 15.3 Å². The highest BCUT2D eigenvalue weighted by Gasteiger charge is 2.29. The number of thioether (sulfide) groups is 1. The van der Waals surface area contributed by atoms with E-state index in [1.807, 2.05) is 31.9 Å². The number of carbonyl (C=O) groups is 1. The molecule has 1 aliphatic rings. The molecule has 1 aromatic heterocycles. The van der Waals surface area contributed by atoms with Gasteiger partial charge in [0.1, 0.15) is 28.6 Å². The summed E-state index contributed by atoms with van der Waals surface area (Å²) in [5.74, 6) is 0.322. The van der Waals surface area contributed by atoms with Gasteiger partial charge in [-0.1, -0.05) is 23.4 Å². The van der Waals surface area contributed by atoms with Gasteiger partial charge in [-0.05, 0) is 43.0 Å². The fourth-order valence-corrected chi connectivity index (χ4v) is 3.91. The molecule has 0 saturated carbocycles. The second kappa shape index (κ2) is 8.92. The van der Waals surface area contributed by atoms with E-state index in [0.29, 0.717) is 48.4 Å². The summed E-state index contributed by atoms with van der Waals surface area (Å²) in [6, 6.07) is 0. The maximum atomic E-state index is 15.0. The van der Waals surface area contributed by atoms with Crippen molar-refractivity contribution in [2.45, 2.75) is 31.5 Å². The quantitative estimate of drug-likeness (QED) is 0.320. The summed E-state index contributed by atoms with van der Waals surface area (Å²) >= 11 is 10.9. The first kappa shape index (κ1) is 23.1. The number of aromatic nitrogens is 2. The van der Waals surface area contributed by atoms with Gasteiger partial charge in [-0.25, -0.2) is 19.2 Å². The number of nitrogens with zero attached hydrogens (tertiary/aromatic N) is 4. The van der Waals surface area contributed by atoms with Crippen LogP contribution in [0.3, 0.4) is 0 Å². The fourth-order valence-electron chi connectivity index (χ4n) is 2.95. The number of hydrogen-bond donors (Lipinski definition) is 0. The van der Waals surface area contributed by atoms with Crippen molar-refractivity contribution in [1.29, 1.82) is 0 Å². The molecule has 2 aromatic rings. The molecule has 1 aliphatic heterocycles. The first-order valence-corrected chi connectivity index (χ1v) is 11.7. The third-order valence-corrected chi connectivity index (χ3v) is 6.27. The summed E-state index contributed by atoms with van der Waals surface area (Å²) in [5, 5.41) is 1.01. The molecule has 1 amide bonds. The van der Waals surface area contributed by atoms with Crippen molar-refractivity contribution in [3.8, 4) is 5.75 Å². The van der Waals surface area contributed by atoms with Crippen LogP contribution in [0.1, 0.15) is 20.8 Å². The third-order valence-electron chi connectivity index (χ3n) is 4.39. The Labute approximate surface area is 192 Å². The Kier molecular flexibility index (Phi) is 6.88. The van der Waals surface area contributed by atoms with Gasteiger partial charge in [0.25, 0.3) is 0 Å². The Morgan fingerprint density at radius 1 is 1.43 bits per heavy atom. The summed E-state index contributed by atoms with van der Waals surface area (Å²) in [4.78, 5) is 24.7. The monoisotopic (exact) mass is 520 g/mol. The van der Waals surface area contributed by atoms with Gasteiger partial charge in [0.2, 0.25) is 0 Å². The van der Waals surface area contributed by atoms with Gasteiger partial charge in [-0.2, -0.15) is 0 Å². The molecule has 0 atom stereocenters. The number of hydrogen-bond acceptors (Lipinski definition) is 7. The topological polar surface area (TPSA) is 67.8 Å². The maximum Gasteiger partial charge on any atom is 0.410 e. The van der Waals surface area contributed by atoms with E-state index < -0.39 is 17.5 Å². The molecule has 164 valence electrons. The van der Waals surface area contributed by atoms with Crippen molar-refractivity contribution >= 4 is 62.1 Å². The number of rotatable bonds is 4. The highest BCUT2D eigenvalue weighted by Crippen LogP contribution is 2.45. The van der Waals surface area contributed by atoms with E-state index in [1.54, 1.807) is 7.05 Å². The van der Waals surface area contributed by atoms with Gasteiger partial charge in [0.15, 0.2) is 16.7 Å². The number of halogens is 3. The largest absolute Gasteiger partial charge is 0.489 e. The van der Waals surface area contributed by atoms with Crippen molar-refractivity contribution in [2.75, 3.05) is 44.4 Å². The van der Waals surface area contributed by atoms with Crippen molar-refractivity contribution in [3.63, 3.8) is 0 Å². The SMILES string of the molecule is CSc1nc2c3c(c(Cl)c(Br)c(F)c3n1)OCCN2CCN(C)C(=O)OC(C)(C)C. The molecule has 1 aromatic carbocycles. The van der Waals surface area contributed by atoms with E-state index in [9.17, 15) is 9.18 Å². The van der Waals surface area contributed by atoms with Crippen LogP contribution in [0.5, 0.6) is 5.75 Å². The number of anilines is 1. The molecule has 0 N–H and O–H groups in total. The number of carbonyl (C=O) groups excluding carboxylic acids is 1. The van der Waals surface area contributed by atoms with E-state index in [4.69, 9.17) is 21.1 Å². The second-order valence-electron chi connectivity index (χ2n) is 7.77. The lowest BCUT2D eigenvalue weighted by molar-refractivity contribution is 0.0303. The average molecular weight is 522 g/mol. The summed E-state index contributed by atoms with van der Waals surface area (Å²) in [6.45, 7) is 7.12. The van der Waals surface area contributed by atoms with Crippen LogP contribution in [0.4, 0.5) is 15.0 Å². The average Bonchev–Trinajstić information content (AvgIpc) is 2.86. The molecule has 0 aliphatic carbocycles. The lowest BCUT2D eigenvalue weighted by Crippen LogP contribution is -2.40. The van der Waals surface area contributed by atoms with E-state index in [2.05, 4.69) is 25.9 Å². The van der Waals surface area contributed by atoms with Crippen LogP contribution in [-0.2, 0) is 4.74 Å². The van der Waals surface area contributed by atoms with Crippen molar-refractivity contribution in [2.24, 2.45) is 0 Å². The van der Waals surface area contributed by atoms with E-state index in [1.165, 1.54) is 16.7 Å². The normalized spacial score (nSPS) is 13.8. The van der Waals surface area contributed by atoms with Gasteiger partial charge < -0.3 is 19.3 Å². The summed E-state index contributed by atoms with van der Waals surface area (Å²) in [5.41, 5.74) is -0.433. The van der Waals surface area contributed by atoms with E-state index in [0.717, 1.165) is 0 Å². The number of ether oxygens (including phenoxy) is 2. The first-order chi connectivity index (χ1) is 14.0. The number of amides is 1. The Bertz CT molecular complexity index is 989. The molecule has 0 radical (unpaired) electrons. The van der Waals surface area contributed by atoms with Crippen molar-refractivity contribution < 1.29 is 18.7 Å². The first-order valence-electron chi connectivity index (χ1n) is 9.27. The number of likely N-dealkylation sites (N-methyl/N-ethyl adjacent to an activating group) is 1. The Morgan fingerprint density at radius 2 is 2.13 bits per heavy atom. The van der Waals surface area contributed by atoms with Gasteiger partial charge >= 0.3 is 6.09 Å². The molecule has 0 saturated heterocycles. The molecular weight excluding hydrogens is 499 g/mol. The molecule has 11 heteroatoms. The minimum atomic E-state index is -0.575. The minimum Gasteiger partial charge on any atom is -0.489 e. The fraction of sp³-hybridized carbons (Fsp3) is 0.526. The predicted molar refractivity (Wildman–Crippen MR) is 121 cm³/mol. The third kappa shape index (κ3) is 4.70. The van der Waals surface area contributed by atoms with E-state index >= 15 is 0 Å². The van der Waals surface area contributed by atoms with Crippen LogP contribution in [0.25, 0.3) is 10.9 Å². The molecular formula is C19H23BrClFN4O3S. The molecule has 0 fully saturated rings. The molecule has 0 bridgehead atoms. The van der Waals surface area contributed by atoms with Crippen LogP contribution in [0.15, 0.2) is 9.63 Å². The Morgan fingerprint density at radius 3 is 2.77 bits per heavy atom. The maximum absolute atomic E-state index is 15.0. The zero-order valence-electron chi connectivity index (χ0n) is 17.4. The molecule has 0 spiro atoms. The zero-order chi connectivity index (χ0) is 22.2. The van der Waals surface area contributed by atoms with Crippen LogP contribution < -0.4 is 9.64 Å². The lowest BCUT2D eigenvalue weighted by Gasteiger charge is -2.28.